The molecule has 2 aromatic carbocycles. The van der Waals surface area contributed by atoms with Gasteiger partial charge in [-0.05, 0) is 48.4 Å². The van der Waals surface area contributed by atoms with Gasteiger partial charge in [0.1, 0.15) is 0 Å². The van der Waals surface area contributed by atoms with Gasteiger partial charge >= 0.3 is 6.03 Å². The highest BCUT2D eigenvalue weighted by Crippen LogP contribution is 2.27. The molecule has 8 nitrogen and oxygen atoms in total. The normalized spacial score (nSPS) is 15.1. The highest BCUT2D eigenvalue weighted by Gasteiger charge is 2.28. The number of urea groups is 1. The van der Waals surface area contributed by atoms with E-state index in [4.69, 9.17) is 9.47 Å². The minimum absolute atomic E-state index is 0.172. The standard InChI is InChI=1S/C19H23N3O5S/c1-26-17-9-4-14(12-18(17)27-2)13-20-19(23)21-15-5-7-16(8-6-15)22-10-3-11-28(22,24)25/h4-9,12H,3,10-11,13H2,1-2H3,(H2,20,21,23). The van der Waals surface area contributed by atoms with Gasteiger partial charge in [-0.3, -0.25) is 4.31 Å². The number of carbonyl (C=O) groups excluding carboxylic acids is 1. The van der Waals surface area contributed by atoms with Crippen LogP contribution in [0.25, 0.3) is 0 Å². The predicted molar refractivity (Wildman–Crippen MR) is 108 cm³/mol. The van der Waals surface area contributed by atoms with Gasteiger partial charge < -0.3 is 20.1 Å². The molecule has 9 heteroatoms. The number of hydrogen-bond acceptors (Lipinski definition) is 5. The van der Waals surface area contributed by atoms with Gasteiger partial charge in [0.05, 0.1) is 25.7 Å². The van der Waals surface area contributed by atoms with Crippen LogP contribution in [0.15, 0.2) is 42.5 Å². The summed E-state index contributed by atoms with van der Waals surface area (Å²) in [6.45, 7) is 0.803. The lowest BCUT2D eigenvalue weighted by Crippen LogP contribution is -2.28. The van der Waals surface area contributed by atoms with Crippen molar-refractivity contribution in [1.82, 2.24) is 5.32 Å². The number of nitrogens with zero attached hydrogens (tertiary/aromatic N) is 1. The van der Waals surface area contributed by atoms with E-state index in [2.05, 4.69) is 10.6 Å². The predicted octanol–water partition coefficient (Wildman–Crippen LogP) is 2.57. The van der Waals surface area contributed by atoms with Gasteiger partial charge in [-0.1, -0.05) is 6.07 Å². The molecule has 1 aliphatic heterocycles. The van der Waals surface area contributed by atoms with Gasteiger partial charge in [-0.25, -0.2) is 13.2 Å². The van der Waals surface area contributed by atoms with Crippen molar-refractivity contribution in [2.24, 2.45) is 0 Å². The SMILES string of the molecule is COc1ccc(CNC(=O)Nc2ccc(N3CCCS3(=O)=O)cc2)cc1OC. The van der Waals surface area contributed by atoms with Crippen molar-refractivity contribution in [2.45, 2.75) is 13.0 Å². The topological polar surface area (TPSA) is 97.0 Å². The summed E-state index contributed by atoms with van der Waals surface area (Å²) in [5.41, 5.74) is 2.04. The van der Waals surface area contributed by atoms with Crippen LogP contribution in [0.1, 0.15) is 12.0 Å². The smallest absolute Gasteiger partial charge is 0.319 e. The molecule has 1 fully saturated rings. The summed E-state index contributed by atoms with van der Waals surface area (Å²) < 4.78 is 35.8. The van der Waals surface area contributed by atoms with Gasteiger partial charge in [-0.2, -0.15) is 0 Å². The van der Waals surface area contributed by atoms with E-state index in [-0.39, 0.29) is 11.8 Å². The number of carbonyl (C=O) groups is 1. The molecule has 0 bridgehead atoms. The molecule has 0 aliphatic carbocycles. The lowest BCUT2D eigenvalue weighted by molar-refractivity contribution is 0.251. The van der Waals surface area contributed by atoms with E-state index in [0.717, 1.165) is 5.56 Å². The van der Waals surface area contributed by atoms with Crippen LogP contribution in [-0.2, 0) is 16.6 Å². The van der Waals surface area contributed by atoms with Crippen LogP contribution in [0.4, 0.5) is 16.2 Å². The zero-order chi connectivity index (χ0) is 20.1. The third-order valence-corrected chi connectivity index (χ3v) is 6.28. The Balaban J connectivity index is 1.56. The first-order chi connectivity index (χ1) is 13.4. The Morgan fingerprint density at radius 1 is 1.07 bits per heavy atom. The number of amides is 2. The maximum atomic E-state index is 12.1. The average molecular weight is 405 g/mol. The molecule has 2 N–H and O–H groups in total. The van der Waals surface area contributed by atoms with Gasteiger partial charge in [0.25, 0.3) is 0 Å². The molecule has 0 aromatic heterocycles. The van der Waals surface area contributed by atoms with E-state index in [1.54, 1.807) is 50.6 Å². The summed E-state index contributed by atoms with van der Waals surface area (Å²) in [6.07, 6.45) is 0.626. The Hall–Kier alpha value is -2.94. The molecule has 0 atom stereocenters. The lowest BCUT2D eigenvalue weighted by atomic mass is 10.2. The van der Waals surface area contributed by atoms with Crippen LogP contribution in [0.2, 0.25) is 0 Å². The van der Waals surface area contributed by atoms with Gasteiger partial charge in [0, 0.05) is 18.8 Å². The Morgan fingerprint density at radius 2 is 1.79 bits per heavy atom. The van der Waals surface area contributed by atoms with E-state index >= 15 is 0 Å². The van der Waals surface area contributed by atoms with E-state index < -0.39 is 10.0 Å². The largest absolute Gasteiger partial charge is 0.493 e. The number of rotatable bonds is 6. The van der Waals surface area contributed by atoms with Crippen molar-refractivity contribution < 1.29 is 22.7 Å². The highest BCUT2D eigenvalue weighted by molar-refractivity contribution is 7.93. The molecule has 1 heterocycles. The zero-order valence-corrected chi connectivity index (χ0v) is 16.6. The fraction of sp³-hybridized carbons (Fsp3) is 0.316. The Labute approximate surface area is 164 Å². The lowest BCUT2D eigenvalue weighted by Gasteiger charge is -2.17. The number of benzene rings is 2. The molecule has 0 spiro atoms. The third kappa shape index (κ3) is 4.48. The second-order valence-corrected chi connectivity index (χ2v) is 8.30. The first kappa shape index (κ1) is 19.8. The average Bonchev–Trinajstić information content (AvgIpc) is 3.05. The molecular formula is C19H23N3O5S. The Morgan fingerprint density at radius 3 is 2.39 bits per heavy atom. The number of ether oxygens (including phenoxy) is 2. The third-order valence-electron chi connectivity index (χ3n) is 4.41. The fourth-order valence-electron chi connectivity index (χ4n) is 2.99. The summed E-state index contributed by atoms with van der Waals surface area (Å²) in [7, 11) is -0.0942. The zero-order valence-electron chi connectivity index (χ0n) is 15.8. The minimum Gasteiger partial charge on any atom is -0.493 e. The number of nitrogens with one attached hydrogen (secondary N) is 2. The molecule has 0 radical (unpaired) electrons. The van der Waals surface area contributed by atoms with Gasteiger partial charge in [-0.15, -0.1) is 0 Å². The molecule has 3 rings (SSSR count). The molecule has 0 unspecified atom stereocenters. The van der Waals surface area contributed by atoms with E-state index in [0.29, 0.717) is 42.4 Å². The van der Waals surface area contributed by atoms with Crippen molar-refractivity contribution >= 4 is 27.4 Å². The molecule has 2 aromatic rings. The number of methoxy groups -OCH3 is 2. The number of anilines is 2. The molecular weight excluding hydrogens is 382 g/mol. The highest BCUT2D eigenvalue weighted by atomic mass is 32.2. The van der Waals surface area contributed by atoms with E-state index in [1.807, 2.05) is 6.07 Å². The van der Waals surface area contributed by atoms with Crippen molar-refractivity contribution in [1.29, 1.82) is 0 Å². The van der Waals surface area contributed by atoms with Gasteiger partial charge in [0.15, 0.2) is 11.5 Å². The summed E-state index contributed by atoms with van der Waals surface area (Å²) >= 11 is 0. The number of sulfonamides is 1. The molecule has 1 saturated heterocycles. The maximum Gasteiger partial charge on any atom is 0.319 e. The monoisotopic (exact) mass is 405 g/mol. The molecule has 28 heavy (non-hydrogen) atoms. The van der Waals surface area contributed by atoms with Crippen molar-refractivity contribution in [3.63, 3.8) is 0 Å². The Kier molecular flexibility index (Phi) is 5.93. The summed E-state index contributed by atoms with van der Waals surface area (Å²) in [5, 5.41) is 5.49. The fourth-order valence-corrected chi connectivity index (χ4v) is 4.55. The van der Waals surface area contributed by atoms with Crippen LogP contribution in [0, 0.1) is 0 Å². The van der Waals surface area contributed by atoms with Crippen LogP contribution in [0.3, 0.4) is 0 Å². The molecule has 0 saturated carbocycles. The first-order valence-corrected chi connectivity index (χ1v) is 10.4. The van der Waals surface area contributed by atoms with Crippen LogP contribution < -0.4 is 24.4 Å². The number of hydrogen-bond donors (Lipinski definition) is 2. The van der Waals surface area contributed by atoms with Crippen LogP contribution in [-0.4, -0.2) is 41.0 Å². The quantitative estimate of drug-likeness (QED) is 0.770. The van der Waals surface area contributed by atoms with Gasteiger partial charge in [0.2, 0.25) is 10.0 Å². The summed E-state index contributed by atoms with van der Waals surface area (Å²) in [5.74, 6) is 1.39. The molecule has 150 valence electrons. The van der Waals surface area contributed by atoms with Crippen molar-refractivity contribution in [2.75, 3.05) is 36.1 Å². The minimum atomic E-state index is -3.21. The summed E-state index contributed by atoms with van der Waals surface area (Å²) in [6, 6.07) is 11.8. The second-order valence-electron chi connectivity index (χ2n) is 6.29. The molecule has 1 aliphatic rings. The van der Waals surface area contributed by atoms with E-state index in [9.17, 15) is 13.2 Å². The summed E-state index contributed by atoms with van der Waals surface area (Å²) in [4.78, 5) is 12.1. The van der Waals surface area contributed by atoms with E-state index in [1.165, 1.54) is 4.31 Å². The van der Waals surface area contributed by atoms with Crippen molar-refractivity contribution in [3.05, 3.63) is 48.0 Å². The van der Waals surface area contributed by atoms with Crippen LogP contribution in [0.5, 0.6) is 11.5 Å². The second kappa shape index (κ2) is 8.39. The first-order valence-electron chi connectivity index (χ1n) is 8.79. The van der Waals surface area contributed by atoms with Crippen LogP contribution >= 0.6 is 0 Å². The Bertz CT molecular complexity index is 945. The molecule has 2 amide bonds. The van der Waals surface area contributed by atoms with Crippen molar-refractivity contribution in [3.8, 4) is 11.5 Å². The maximum absolute atomic E-state index is 12.1.